The van der Waals surface area contributed by atoms with Crippen LogP contribution in [0.15, 0.2) is 47.4 Å². The Balaban J connectivity index is 1.67. The predicted molar refractivity (Wildman–Crippen MR) is 108 cm³/mol. The van der Waals surface area contributed by atoms with Crippen molar-refractivity contribution >= 4 is 15.9 Å². The first-order chi connectivity index (χ1) is 13.3. The van der Waals surface area contributed by atoms with Crippen LogP contribution in [0.1, 0.15) is 16.7 Å². The van der Waals surface area contributed by atoms with Crippen molar-refractivity contribution < 1.29 is 17.9 Å². The minimum atomic E-state index is -3.56. The number of aryl methyl sites for hydroxylation is 2. The van der Waals surface area contributed by atoms with Gasteiger partial charge in [0.15, 0.2) is 0 Å². The zero-order valence-corrected chi connectivity index (χ0v) is 17.3. The Kier molecular flexibility index (Phi) is 6.05. The van der Waals surface area contributed by atoms with Crippen molar-refractivity contribution in [3.63, 3.8) is 0 Å². The topological polar surface area (TPSA) is 66.9 Å². The molecule has 0 radical (unpaired) electrons. The Bertz CT molecular complexity index is 964. The van der Waals surface area contributed by atoms with Crippen LogP contribution in [0, 0.1) is 13.8 Å². The van der Waals surface area contributed by atoms with E-state index in [0.29, 0.717) is 36.8 Å². The molecule has 3 rings (SSSR count). The number of amides is 1. The molecule has 1 heterocycles. The molecule has 150 valence electrons. The molecule has 2 aromatic rings. The highest BCUT2D eigenvalue weighted by molar-refractivity contribution is 7.89. The molecule has 0 saturated carbocycles. The summed E-state index contributed by atoms with van der Waals surface area (Å²) < 4.78 is 32.8. The van der Waals surface area contributed by atoms with Gasteiger partial charge in [-0.15, -0.1) is 0 Å². The zero-order valence-electron chi connectivity index (χ0n) is 16.5. The standard InChI is InChI=1S/C21H26N2O4S/c1-16-8-9-17(2)20(14-16)28(25,26)23-12-10-22(11-13-23)21(24)15-18-6-4-5-7-19(18)27-3/h4-9,14H,10-13,15H2,1-3H3. The van der Waals surface area contributed by atoms with Crippen molar-refractivity contribution in [3.8, 4) is 5.75 Å². The number of carbonyl (C=O) groups is 1. The number of nitrogens with zero attached hydrogens (tertiary/aromatic N) is 2. The fourth-order valence-corrected chi connectivity index (χ4v) is 5.16. The lowest BCUT2D eigenvalue weighted by molar-refractivity contribution is -0.131. The molecule has 1 aliphatic heterocycles. The fourth-order valence-electron chi connectivity index (χ4n) is 3.43. The summed E-state index contributed by atoms with van der Waals surface area (Å²) in [5, 5.41) is 0. The molecule has 6 nitrogen and oxygen atoms in total. The maximum Gasteiger partial charge on any atom is 0.243 e. The normalized spacial score (nSPS) is 15.5. The van der Waals surface area contributed by atoms with Gasteiger partial charge in [-0.3, -0.25) is 4.79 Å². The molecular formula is C21H26N2O4S. The van der Waals surface area contributed by atoms with Gasteiger partial charge in [0.2, 0.25) is 15.9 Å². The van der Waals surface area contributed by atoms with Gasteiger partial charge >= 0.3 is 0 Å². The van der Waals surface area contributed by atoms with Crippen molar-refractivity contribution in [2.75, 3.05) is 33.3 Å². The highest BCUT2D eigenvalue weighted by Crippen LogP contribution is 2.23. The Morgan fingerprint density at radius 2 is 1.71 bits per heavy atom. The molecule has 0 atom stereocenters. The maximum atomic E-state index is 13.0. The summed E-state index contributed by atoms with van der Waals surface area (Å²) in [4.78, 5) is 14.7. The fraction of sp³-hybridized carbons (Fsp3) is 0.381. The molecule has 1 amide bonds. The second-order valence-electron chi connectivity index (χ2n) is 7.04. The number of para-hydroxylation sites is 1. The first-order valence-corrected chi connectivity index (χ1v) is 10.7. The minimum absolute atomic E-state index is 0.0201. The third-order valence-corrected chi connectivity index (χ3v) is 7.13. The minimum Gasteiger partial charge on any atom is -0.496 e. The number of hydrogen-bond donors (Lipinski definition) is 0. The van der Waals surface area contributed by atoms with E-state index in [0.717, 1.165) is 16.7 Å². The average Bonchev–Trinajstić information content (AvgIpc) is 2.70. The van der Waals surface area contributed by atoms with Gasteiger partial charge in [0, 0.05) is 31.7 Å². The number of methoxy groups -OCH3 is 1. The smallest absolute Gasteiger partial charge is 0.243 e. The van der Waals surface area contributed by atoms with E-state index >= 15 is 0 Å². The van der Waals surface area contributed by atoms with Gasteiger partial charge in [-0.05, 0) is 37.1 Å². The lowest BCUT2D eigenvalue weighted by Crippen LogP contribution is -2.51. The van der Waals surface area contributed by atoms with Crippen LogP contribution in [0.25, 0.3) is 0 Å². The molecule has 7 heteroatoms. The number of piperazine rings is 1. The van der Waals surface area contributed by atoms with Crippen LogP contribution in [-0.4, -0.2) is 56.8 Å². The molecule has 0 spiro atoms. The van der Waals surface area contributed by atoms with Crippen molar-refractivity contribution in [1.82, 2.24) is 9.21 Å². The van der Waals surface area contributed by atoms with Crippen LogP contribution < -0.4 is 4.74 Å². The quantitative estimate of drug-likeness (QED) is 0.770. The average molecular weight is 403 g/mol. The molecule has 0 aromatic heterocycles. The van der Waals surface area contributed by atoms with E-state index in [1.807, 2.05) is 43.3 Å². The molecule has 28 heavy (non-hydrogen) atoms. The lowest BCUT2D eigenvalue weighted by atomic mass is 10.1. The van der Waals surface area contributed by atoms with E-state index in [9.17, 15) is 13.2 Å². The van der Waals surface area contributed by atoms with E-state index < -0.39 is 10.0 Å². The van der Waals surface area contributed by atoms with Crippen LogP contribution in [0.4, 0.5) is 0 Å². The second kappa shape index (κ2) is 8.32. The maximum absolute atomic E-state index is 13.0. The molecular weight excluding hydrogens is 376 g/mol. The summed E-state index contributed by atoms with van der Waals surface area (Å²) in [5.41, 5.74) is 2.48. The largest absolute Gasteiger partial charge is 0.496 e. The lowest BCUT2D eigenvalue weighted by Gasteiger charge is -2.34. The van der Waals surface area contributed by atoms with E-state index in [1.54, 1.807) is 25.0 Å². The molecule has 0 bridgehead atoms. The summed E-state index contributed by atoms with van der Waals surface area (Å²) in [6.45, 7) is 5.06. The van der Waals surface area contributed by atoms with Crippen LogP contribution >= 0.6 is 0 Å². The molecule has 0 unspecified atom stereocenters. The summed E-state index contributed by atoms with van der Waals surface area (Å²) >= 11 is 0. The second-order valence-corrected chi connectivity index (χ2v) is 8.95. The first kappa shape index (κ1) is 20.4. The number of carbonyl (C=O) groups excluding carboxylic acids is 1. The van der Waals surface area contributed by atoms with E-state index in [-0.39, 0.29) is 12.3 Å². The number of ether oxygens (including phenoxy) is 1. The molecule has 0 aliphatic carbocycles. The highest BCUT2D eigenvalue weighted by atomic mass is 32.2. The van der Waals surface area contributed by atoms with Gasteiger partial charge in [-0.1, -0.05) is 30.3 Å². The summed E-state index contributed by atoms with van der Waals surface area (Å²) in [5.74, 6) is 0.667. The summed E-state index contributed by atoms with van der Waals surface area (Å²) in [7, 11) is -1.97. The monoisotopic (exact) mass is 402 g/mol. The van der Waals surface area contributed by atoms with Crippen LogP contribution in [0.5, 0.6) is 5.75 Å². The first-order valence-electron chi connectivity index (χ1n) is 9.30. The number of benzene rings is 2. The van der Waals surface area contributed by atoms with Crippen LogP contribution in [-0.2, 0) is 21.2 Å². The number of sulfonamides is 1. The predicted octanol–water partition coefficient (Wildman–Crippen LogP) is 2.39. The third kappa shape index (κ3) is 4.20. The van der Waals surface area contributed by atoms with Gasteiger partial charge in [-0.25, -0.2) is 8.42 Å². The van der Waals surface area contributed by atoms with Gasteiger partial charge < -0.3 is 9.64 Å². The zero-order chi connectivity index (χ0) is 20.3. The highest BCUT2D eigenvalue weighted by Gasteiger charge is 2.31. The molecule has 1 saturated heterocycles. The Labute approximate surface area is 166 Å². The van der Waals surface area contributed by atoms with Gasteiger partial charge in [0.1, 0.15) is 5.75 Å². The van der Waals surface area contributed by atoms with E-state index in [1.165, 1.54) is 4.31 Å². The van der Waals surface area contributed by atoms with E-state index in [2.05, 4.69) is 0 Å². The Hall–Kier alpha value is -2.38. The SMILES string of the molecule is COc1ccccc1CC(=O)N1CCN(S(=O)(=O)c2cc(C)ccc2C)CC1. The number of rotatable bonds is 5. The van der Waals surface area contributed by atoms with Crippen LogP contribution in [0.2, 0.25) is 0 Å². The van der Waals surface area contributed by atoms with Crippen molar-refractivity contribution in [2.24, 2.45) is 0 Å². The number of hydrogen-bond acceptors (Lipinski definition) is 4. The summed E-state index contributed by atoms with van der Waals surface area (Å²) in [6.07, 6.45) is 0.244. The van der Waals surface area contributed by atoms with Gasteiger partial charge in [0.25, 0.3) is 0 Å². The Morgan fingerprint density at radius 3 is 2.39 bits per heavy atom. The van der Waals surface area contributed by atoms with Gasteiger partial charge in [-0.2, -0.15) is 4.31 Å². The summed E-state index contributed by atoms with van der Waals surface area (Å²) in [6, 6.07) is 12.9. The van der Waals surface area contributed by atoms with Crippen molar-refractivity contribution in [1.29, 1.82) is 0 Å². The van der Waals surface area contributed by atoms with Crippen LogP contribution in [0.3, 0.4) is 0 Å². The van der Waals surface area contributed by atoms with Crippen molar-refractivity contribution in [3.05, 3.63) is 59.2 Å². The van der Waals surface area contributed by atoms with Gasteiger partial charge in [0.05, 0.1) is 18.4 Å². The molecule has 0 N–H and O–H groups in total. The molecule has 1 aliphatic rings. The third-order valence-electron chi connectivity index (χ3n) is 5.09. The molecule has 1 fully saturated rings. The van der Waals surface area contributed by atoms with E-state index in [4.69, 9.17) is 4.74 Å². The molecule has 2 aromatic carbocycles. The van der Waals surface area contributed by atoms with Crippen molar-refractivity contribution in [2.45, 2.75) is 25.2 Å². The Morgan fingerprint density at radius 1 is 1.04 bits per heavy atom.